The van der Waals surface area contributed by atoms with Crippen molar-refractivity contribution in [3.63, 3.8) is 0 Å². The highest BCUT2D eigenvalue weighted by molar-refractivity contribution is 5.83. The van der Waals surface area contributed by atoms with Crippen LogP contribution in [0.2, 0.25) is 0 Å². The van der Waals surface area contributed by atoms with Crippen LogP contribution in [0, 0.1) is 20.8 Å². The highest BCUT2D eigenvalue weighted by Crippen LogP contribution is 2.22. The third-order valence-corrected chi connectivity index (χ3v) is 3.42. The molecule has 0 saturated carbocycles. The molecule has 0 radical (unpaired) electrons. The van der Waals surface area contributed by atoms with Crippen LogP contribution in [0.3, 0.4) is 0 Å². The summed E-state index contributed by atoms with van der Waals surface area (Å²) in [7, 11) is 1.98. The molecule has 17 heavy (non-hydrogen) atoms. The molecule has 0 atom stereocenters. The van der Waals surface area contributed by atoms with E-state index in [9.17, 15) is 0 Å². The van der Waals surface area contributed by atoms with Gasteiger partial charge >= 0.3 is 0 Å². The second-order valence-corrected chi connectivity index (χ2v) is 4.68. The van der Waals surface area contributed by atoms with Crippen LogP contribution in [0.15, 0.2) is 18.2 Å². The quantitative estimate of drug-likeness (QED) is 0.873. The largest absolute Gasteiger partial charge is 0.319 e. The monoisotopic (exact) mass is 228 g/mol. The molecule has 1 aromatic carbocycles. The number of likely N-dealkylation sites (N-methyl/N-ethyl adjacent to an activating group) is 1. The molecule has 1 N–H and O–H groups in total. The molecule has 2 heteroatoms. The van der Waals surface area contributed by atoms with E-state index < -0.39 is 0 Å². The Hall–Kier alpha value is -1.41. The Labute approximate surface area is 103 Å². The van der Waals surface area contributed by atoms with E-state index in [4.69, 9.17) is 4.98 Å². The van der Waals surface area contributed by atoms with Gasteiger partial charge < -0.3 is 5.32 Å². The van der Waals surface area contributed by atoms with Crippen molar-refractivity contribution in [3.8, 4) is 0 Å². The first-order chi connectivity index (χ1) is 8.13. The second-order valence-electron chi connectivity index (χ2n) is 4.68. The lowest BCUT2D eigenvalue weighted by Crippen LogP contribution is -2.12. The summed E-state index contributed by atoms with van der Waals surface area (Å²) < 4.78 is 0. The average Bonchev–Trinajstić information content (AvgIpc) is 2.32. The van der Waals surface area contributed by atoms with Crippen LogP contribution in [-0.4, -0.2) is 18.6 Å². The van der Waals surface area contributed by atoms with Gasteiger partial charge in [0.15, 0.2) is 0 Å². The smallest absolute Gasteiger partial charge is 0.0737 e. The summed E-state index contributed by atoms with van der Waals surface area (Å²) in [6, 6.07) is 6.59. The molecule has 1 aromatic heterocycles. The van der Waals surface area contributed by atoms with Gasteiger partial charge in [-0.05, 0) is 50.6 Å². The first kappa shape index (κ1) is 12.1. The first-order valence-corrected chi connectivity index (χ1v) is 6.14. The van der Waals surface area contributed by atoms with Crippen LogP contribution in [0.25, 0.3) is 10.9 Å². The highest BCUT2D eigenvalue weighted by atomic mass is 14.8. The number of rotatable bonds is 3. The number of aromatic nitrogens is 1. The van der Waals surface area contributed by atoms with Gasteiger partial charge in [0.2, 0.25) is 0 Å². The molecule has 0 amide bonds. The standard InChI is InChI=1S/C15H20N2/c1-10-5-6-13-9-11(2)14(7-8-16-4)17-15(13)12(10)3/h5-6,9,16H,7-8H2,1-4H3. The number of hydrogen-bond acceptors (Lipinski definition) is 2. The van der Waals surface area contributed by atoms with E-state index in [1.54, 1.807) is 0 Å². The molecule has 0 bridgehead atoms. The van der Waals surface area contributed by atoms with E-state index in [0.29, 0.717) is 0 Å². The zero-order valence-corrected chi connectivity index (χ0v) is 11.1. The number of nitrogens with one attached hydrogen (secondary N) is 1. The highest BCUT2D eigenvalue weighted by Gasteiger charge is 2.06. The Morgan fingerprint density at radius 2 is 1.88 bits per heavy atom. The molecule has 2 aromatic rings. The normalized spacial score (nSPS) is 11.1. The summed E-state index contributed by atoms with van der Waals surface area (Å²) in [4.78, 5) is 4.83. The summed E-state index contributed by atoms with van der Waals surface area (Å²) in [6.45, 7) is 7.42. The van der Waals surface area contributed by atoms with E-state index in [2.05, 4.69) is 44.3 Å². The summed E-state index contributed by atoms with van der Waals surface area (Å²) in [5, 5.41) is 4.43. The van der Waals surface area contributed by atoms with Gasteiger partial charge in [-0.25, -0.2) is 0 Å². The number of hydrogen-bond donors (Lipinski definition) is 1. The predicted molar refractivity (Wildman–Crippen MR) is 73.6 cm³/mol. The minimum Gasteiger partial charge on any atom is -0.319 e. The number of pyridine rings is 1. The molecule has 1 heterocycles. The molecule has 0 aliphatic carbocycles. The zero-order chi connectivity index (χ0) is 12.4. The van der Waals surface area contributed by atoms with Gasteiger partial charge in [-0.3, -0.25) is 4.98 Å². The fourth-order valence-corrected chi connectivity index (χ4v) is 2.12. The Balaban J connectivity index is 2.56. The molecular formula is C15H20N2. The van der Waals surface area contributed by atoms with Crippen molar-refractivity contribution in [1.29, 1.82) is 0 Å². The third-order valence-electron chi connectivity index (χ3n) is 3.42. The zero-order valence-electron chi connectivity index (χ0n) is 11.1. The maximum atomic E-state index is 4.83. The first-order valence-electron chi connectivity index (χ1n) is 6.14. The van der Waals surface area contributed by atoms with Crippen molar-refractivity contribution in [2.75, 3.05) is 13.6 Å². The molecule has 2 rings (SSSR count). The van der Waals surface area contributed by atoms with Crippen LogP contribution >= 0.6 is 0 Å². The van der Waals surface area contributed by atoms with Gasteiger partial charge in [-0.2, -0.15) is 0 Å². The summed E-state index contributed by atoms with van der Waals surface area (Å²) in [5.74, 6) is 0. The topological polar surface area (TPSA) is 24.9 Å². The van der Waals surface area contributed by atoms with Gasteiger partial charge in [0.05, 0.1) is 5.52 Å². The lowest BCUT2D eigenvalue weighted by Gasteiger charge is -2.10. The van der Waals surface area contributed by atoms with Gasteiger partial charge in [0, 0.05) is 24.0 Å². The van der Waals surface area contributed by atoms with E-state index >= 15 is 0 Å². The Morgan fingerprint density at radius 3 is 2.59 bits per heavy atom. The number of fused-ring (bicyclic) bond motifs is 1. The van der Waals surface area contributed by atoms with Crippen molar-refractivity contribution in [1.82, 2.24) is 10.3 Å². The molecular weight excluding hydrogens is 208 g/mol. The van der Waals surface area contributed by atoms with Gasteiger partial charge in [0.25, 0.3) is 0 Å². The van der Waals surface area contributed by atoms with E-state index in [-0.39, 0.29) is 0 Å². The lowest BCUT2D eigenvalue weighted by molar-refractivity contribution is 0.775. The Bertz CT molecular complexity index is 544. The van der Waals surface area contributed by atoms with Crippen molar-refractivity contribution >= 4 is 10.9 Å². The van der Waals surface area contributed by atoms with Crippen molar-refractivity contribution in [3.05, 3.63) is 40.6 Å². The lowest BCUT2D eigenvalue weighted by atomic mass is 10.0. The minimum atomic E-state index is 0.976. The summed E-state index contributed by atoms with van der Waals surface area (Å²) in [6.07, 6.45) is 0.992. The van der Waals surface area contributed by atoms with Crippen LogP contribution < -0.4 is 5.32 Å². The van der Waals surface area contributed by atoms with Crippen LogP contribution in [0.5, 0.6) is 0 Å². The SMILES string of the molecule is CNCCc1nc2c(C)c(C)ccc2cc1C. The average molecular weight is 228 g/mol. The molecule has 0 spiro atoms. The Kier molecular flexibility index (Phi) is 3.43. The van der Waals surface area contributed by atoms with Gasteiger partial charge in [0.1, 0.15) is 0 Å². The fraction of sp³-hybridized carbons (Fsp3) is 0.400. The van der Waals surface area contributed by atoms with Crippen LogP contribution in [-0.2, 0) is 6.42 Å². The predicted octanol–water partition coefficient (Wildman–Crippen LogP) is 2.92. The van der Waals surface area contributed by atoms with Crippen molar-refractivity contribution in [2.45, 2.75) is 27.2 Å². The van der Waals surface area contributed by atoms with E-state index in [1.807, 2.05) is 7.05 Å². The Morgan fingerprint density at radius 1 is 1.12 bits per heavy atom. The van der Waals surface area contributed by atoms with Crippen molar-refractivity contribution < 1.29 is 0 Å². The molecule has 0 aliphatic rings. The summed E-state index contributed by atoms with van der Waals surface area (Å²) in [5.41, 5.74) is 6.26. The summed E-state index contributed by atoms with van der Waals surface area (Å²) >= 11 is 0. The van der Waals surface area contributed by atoms with E-state index in [1.165, 1.54) is 27.8 Å². The molecule has 0 saturated heterocycles. The maximum Gasteiger partial charge on any atom is 0.0737 e. The molecule has 0 aliphatic heterocycles. The molecule has 90 valence electrons. The number of nitrogens with zero attached hydrogens (tertiary/aromatic N) is 1. The number of benzene rings is 1. The van der Waals surface area contributed by atoms with Crippen LogP contribution in [0.4, 0.5) is 0 Å². The van der Waals surface area contributed by atoms with Gasteiger partial charge in [-0.15, -0.1) is 0 Å². The minimum absolute atomic E-state index is 0.976. The fourth-order valence-electron chi connectivity index (χ4n) is 2.12. The van der Waals surface area contributed by atoms with Crippen molar-refractivity contribution in [2.24, 2.45) is 0 Å². The third kappa shape index (κ3) is 2.32. The number of aryl methyl sites for hydroxylation is 3. The second kappa shape index (κ2) is 4.84. The molecule has 0 unspecified atom stereocenters. The van der Waals surface area contributed by atoms with Gasteiger partial charge in [-0.1, -0.05) is 12.1 Å². The van der Waals surface area contributed by atoms with Crippen LogP contribution in [0.1, 0.15) is 22.4 Å². The molecule has 0 fully saturated rings. The van der Waals surface area contributed by atoms with E-state index in [0.717, 1.165) is 18.5 Å². The molecule has 2 nitrogen and oxygen atoms in total. The maximum absolute atomic E-state index is 4.83.